The molecule has 0 bridgehead atoms. The summed E-state index contributed by atoms with van der Waals surface area (Å²) < 4.78 is 16.7. The van der Waals surface area contributed by atoms with Crippen molar-refractivity contribution in [3.8, 4) is 11.5 Å². The highest BCUT2D eigenvalue weighted by atomic mass is 16.6. The molecule has 0 N–H and O–H groups in total. The van der Waals surface area contributed by atoms with Gasteiger partial charge in [-0.05, 0) is 37.0 Å². The Labute approximate surface area is 155 Å². The van der Waals surface area contributed by atoms with Gasteiger partial charge in [0.15, 0.2) is 11.5 Å². The topological polar surface area (TPSA) is 51.2 Å². The van der Waals surface area contributed by atoms with E-state index in [1.165, 1.54) is 6.42 Å². The van der Waals surface area contributed by atoms with Gasteiger partial charge in [0.1, 0.15) is 13.2 Å². The molecule has 4 rings (SSSR count). The Kier molecular flexibility index (Phi) is 5.60. The van der Waals surface area contributed by atoms with Gasteiger partial charge in [0.25, 0.3) is 0 Å². The van der Waals surface area contributed by atoms with Crippen LogP contribution in [0.2, 0.25) is 0 Å². The van der Waals surface area contributed by atoms with Gasteiger partial charge in [0.05, 0.1) is 19.6 Å². The molecule has 1 aromatic carbocycles. The first-order valence-corrected chi connectivity index (χ1v) is 9.78. The molecule has 0 radical (unpaired) electrons. The van der Waals surface area contributed by atoms with Crippen LogP contribution in [-0.2, 0) is 16.0 Å². The lowest BCUT2D eigenvalue weighted by Crippen LogP contribution is -2.51. The van der Waals surface area contributed by atoms with Crippen molar-refractivity contribution in [3.05, 3.63) is 23.8 Å². The minimum Gasteiger partial charge on any atom is -0.486 e. The fourth-order valence-corrected chi connectivity index (χ4v) is 4.07. The van der Waals surface area contributed by atoms with E-state index in [-0.39, 0.29) is 5.91 Å². The van der Waals surface area contributed by atoms with Crippen molar-refractivity contribution in [1.82, 2.24) is 9.80 Å². The molecule has 3 aliphatic rings. The number of benzene rings is 1. The Morgan fingerprint density at radius 3 is 2.65 bits per heavy atom. The second-order valence-corrected chi connectivity index (χ2v) is 7.30. The summed E-state index contributed by atoms with van der Waals surface area (Å²) in [6.45, 7) is 6.55. The summed E-state index contributed by atoms with van der Waals surface area (Å²) in [5.74, 6) is 1.75. The van der Waals surface area contributed by atoms with Crippen LogP contribution in [0, 0.1) is 0 Å². The van der Waals surface area contributed by atoms with Crippen LogP contribution in [0.15, 0.2) is 18.2 Å². The highest BCUT2D eigenvalue weighted by Gasteiger charge is 2.29. The molecule has 6 heteroatoms. The summed E-state index contributed by atoms with van der Waals surface area (Å²) in [6.07, 6.45) is 3.84. The van der Waals surface area contributed by atoms with Crippen molar-refractivity contribution >= 4 is 5.91 Å². The number of nitrogens with zero attached hydrogens (tertiary/aromatic N) is 2. The monoisotopic (exact) mass is 360 g/mol. The Morgan fingerprint density at radius 2 is 1.81 bits per heavy atom. The lowest BCUT2D eigenvalue weighted by Gasteiger charge is -2.39. The SMILES string of the molecule is O=C(Cc1ccc2c(c1)OCCO2)N1CCCC[C@H]1CN1CCOCC1. The number of rotatable bonds is 4. The number of morpholine rings is 1. The zero-order valence-corrected chi connectivity index (χ0v) is 15.3. The summed E-state index contributed by atoms with van der Waals surface area (Å²) in [6, 6.07) is 6.17. The van der Waals surface area contributed by atoms with Gasteiger partial charge in [-0.1, -0.05) is 6.07 Å². The molecule has 3 aliphatic heterocycles. The van der Waals surface area contributed by atoms with Crippen molar-refractivity contribution in [2.45, 2.75) is 31.7 Å². The van der Waals surface area contributed by atoms with Gasteiger partial charge in [-0.25, -0.2) is 0 Å². The van der Waals surface area contributed by atoms with Crippen molar-refractivity contribution in [1.29, 1.82) is 0 Å². The number of amides is 1. The highest BCUT2D eigenvalue weighted by Crippen LogP contribution is 2.31. The molecule has 0 saturated carbocycles. The summed E-state index contributed by atoms with van der Waals surface area (Å²) in [5, 5.41) is 0. The predicted octanol–water partition coefficient (Wildman–Crippen LogP) is 1.71. The van der Waals surface area contributed by atoms with Gasteiger partial charge in [-0.15, -0.1) is 0 Å². The van der Waals surface area contributed by atoms with E-state index >= 15 is 0 Å². The van der Waals surface area contributed by atoms with E-state index in [1.807, 2.05) is 18.2 Å². The van der Waals surface area contributed by atoms with E-state index < -0.39 is 0 Å². The number of hydrogen-bond acceptors (Lipinski definition) is 5. The van der Waals surface area contributed by atoms with Crippen LogP contribution >= 0.6 is 0 Å². The molecule has 142 valence electrons. The Balaban J connectivity index is 1.40. The minimum atomic E-state index is 0.222. The summed E-state index contributed by atoms with van der Waals surface area (Å²) >= 11 is 0. The van der Waals surface area contributed by atoms with Crippen LogP contribution in [0.1, 0.15) is 24.8 Å². The van der Waals surface area contributed by atoms with Crippen LogP contribution in [-0.4, -0.2) is 74.4 Å². The summed E-state index contributed by atoms with van der Waals surface area (Å²) in [7, 11) is 0. The molecule has 0 spiro atoms. The third kappa shape index (κ3) is 4.13. The molecule has 2 saturated heterocycles. The second-order valence-electron chi connectivity index (χ2n) is 7.30. The number of ether oxygens (including phenoxy) is 3. The van der Waals surface area contributed by atoms with Gasteiger partial charge < -0.3 is 19.1 Å². The van der Waals surface area contributed by atoms with E-state index in [4.69, 9.17) is 14.2 Å². The van der Waals surface area contributed by atoms with Crippen molar-refractivity contribution in [2.75, 3.05) is 52.6 Å². The second kappa shape index (κ2) is 8.27. The molecule has 26 heavy (non-hydrogen) atoms. The summed E-state index contributed by atoms with van der Waals surface area (Å²) in [5.41, 5.74) is 0.995. The number of carbonyl (C=O) groups is 1. The largest absolute Gasteiger partial charge is 0.486 e. The number of piperidine rings is 1. The number of carbonyl (C=O) groups excluding carboxylic acids is 1. The molecule has 3 heterocycles. The lowest BCUT2D eigenvalue weighted by atomic mass is 10.00. The van der Waals surface area contributed by atoms with Crippen LogP contribution in [0.3, 0.4) is 0 Å². The van der Waals surface area contributed by atoms with E-state index in [0.717, 1.165) is 69.3 Å². The van der Waals surface area contributed by atoms with Gasteiger partial charge in [0, 0.05) is 32.2 Å². The Bertz CT molecular complexity index is 630. The van der Waals surface area contributed by atoms with Crippen LogP contribution in [0.5, 0.6) is 11.5 Å². The first-order chi connectivity index (χ1) is 12.8. The maximum atomic E-state index is 13.0. The van der Waals surface area contributed by atoms with E-state index in [1.54, 1.807) is 0 Å². The van der Waals surface area contributed by atoms with Crippen molar-refractivity contribution in [3.63, 3.8) is 0 Å². The van der Waals surface area contributed by atoms with E-state index in [0.29, 0.717) is 25.7 Å². The average Bonchev–Trinajstić information content (AvgIpc) is 2.69. The normalized spacial score (nSPS) is 23.7. The molecular formula is C20H28N2O4. The number of fused-ring (bicyclic) bond motifs is 1. The minimum absolute atomic E-state index is 0.222. The standard InChI is InChI=1S/C20H28N2O4/c23-20(14-16-4-5-18-19(13-16)26-12-11-25-18)22-6-2-1-3-17(22)15-21-7-9-24-10-8-21/h4-5,13,17H,1-3,6-12,14-15H2/t17-/m0/s1. The molecule has 0 unspecified atom stereocenters. The maximum Gasteiger partial charge on any atom is 0.227 e. The third-order valence-corrected chi connectivity index (χ3v) is 5.48. The van der Waals surface area contributed by atoms with E-state index in [9.17, 15) is 4.79 Å². The third-order valence-electron chi connectivity index (χ3n) is 5.48. The van der Waals surface area contributed by atoms with Crippen LogP contribution in [0.4, 0.5) is 0 Å². The van der Waals surface area contributed by atoms with Gasteiger partial charge in [0.2, 0.25) is 5.91 Å². The fraction of sp³-hybridized carbons (Fsp3) is 0.650. The molecule has 2 fully saturated rings. The summed E-state index contributed by atoms with van der Waals surface area (Å²) in [4.78, 5) is 17.5. The van der Waals surface area contributed by atoms with Crippen LogP contribution < -0.4 is 9.47 Å². The van der Waals surface area contributed by atoms with E-state index in [2.05, 4.69) is 9.80 Å². The van der Waals surface area contributed by atoms with Gasteiger partial charge >= 0.3 is 0 Å². The molecule has 1 aromatic rings. The molecule has 6 nitrogen and oxygen atoms in total. The zero-order valence-electron chi connectivity index (χ0n) is 15.3. The molecule has 0 aromatic heterocycles. The maximum absolute atomic E-state index is 13.0. The number of hydrogen-bond donors (Lipinski definition) is 0. The first-order valence-electron chi connectivity index (χ1n) is 9.78. The predicted molar refractivity (Wildman–Crippen MR) is 97.7 cm³/mol. The highest BCUT2D eigenvalue weighted by molar-refractivity contribution is 5.79. The first kappa shape index (κ1) is 17.6. The van der Waals surface area contributed by atoms with Crippen molar-refractivity contribution in [2.24, 2.45) is 0 Å². The molecule has 1 atom stereocenters. The van der Waals surface area contributed by atoms with Crippen LogP contribution in [0.25, 0.3) is 0 Å². The molecular weight excluding hydrogens is 332 g/mol. The van der Waals surface area contributed by atoms with Gasteiger partial charge in [-0.2, -0.15) is 0 Å². The number of likely N-dealkylation sites (tertiary alicyclic amines) is 1. The smallest absolute Gasteiger partial charge is 0.227 e. The lowest BCUT2D eigenvalue weighted by molar-refractivity contribution is -0.134. The molecule has 1 amide bonds. The zero-order chi connectivity index (χ0) is 17.8. The Morgan fingerprint density at radius 1 is 1.00 bits per heavy atom. The fourth-order valence-electron chi connectivity index (χ4n) is 4.07. The Hall–Kier alpha value is -1.79. The molecule has 0 aliphatic carbocycles. The van der Waals surface area contributed by atoms with Crippen molar-refractivity contribution < 1.29 is 19.0 Å². The van der Waals surface area contributed by atoms with Gasteiger partial charge in [-0.3, -0.25) is 9.69 Å². The average molecular weight is 360 g/mol. The quantitative estimate of drug-likeness (QED) is 0.818.